The van der Waals surface area contributed by atoms with Crippen LogP contribution in [0, 0.1) is 17.8 Å². The van der Waals surface area contributed by atoms with Gasteiger partial charge in [0.25, 0.3) is 0 Å². The van der Waals surface area contributed by atoms with Crippen LogP contribution in [0.15, 0.2) is 23.4 Å². The molecule has 1 aliphatic carbocycles. The van der Waals surface area contributed by atoms with E-state index in [1.54, 1.807) is 0 Å². The second-order valence-electron chi connectivity index (χ2n) is 7.89. The molecule has 1 saturated heterocycles. The summed E-state index contributed by atoms with van der Waals surface area (Å²) in [6.45, 7) is 7.99. The quantitative estimate of drug-likeness (QED) is 0.690. The summed E-state index contributed by atoms with van der Waals surface area (Å²) in [4.78, 5) is 0. The van der Waals surface area contributed by atoms with Gasteiger partial charge in [-0.1, -0.05) is 38.8 Å². The topological polar surface area (TPSA) is 64.1 Å². The smallest absolute Gasteiger partial charge is 0.0116 e. The standard InChI is InChI=1S/C20H37N3/c1-4-7-18-17-9-6-5-8-14(2)13-23-20(15(17)3)12-16(21)10-11-19(18)22/h4,7,14-17,20,23H,5-6,8-13,21-22H2,1-3H3/b7-4-,19-18+. The van der Waals surface area contributed by atoms with Crippen LogP contribution in [0.1, 0.15) is 65.7 Å². The van der Waals surface area contributed by atoms with Crippen LogP contribution < -0.4 is 16.8 Å². The van der Waals surface area contributed by atoms with Gasteiger partial charge in [-0.15, -0.1) is 0 Å². The molecular weight excluding hydrogens is 282 g/mol. The van der Waals surface area contributed by atoms with Gasteiger partial charge < -0.3 is 16.8 Å². The van der Waals surface area contributed by atoms with Gasteiger partial charge in [0, 0.05) is 17.8 Å². The summed E-state index contributed by atoms with van der Waals surface area (Å²) in [7, 11) is 0. The van der Waals surface area contributed by atoms with Crippen molar-refractivity contribution in [2.24, 2.45) is 29.2 Å². The normalized spacial score (nSPS) is 41.1. The molecule has 3 heteroatoms. The minimum atomic E-state index is 0.248. The van der Waals surface area contributed by atoms with Gasteiger partial charge in [0.1, 0.15) is 0 Å². The van der Waals surface area contributed by atoms with Crippen molar-refractivity contribution in [3.05, 3.63) is 23.4 Å². The van der Waals surface area contributed by atoms with Crippen LogP contribution in [0.3, 0.4) is 0 Å². The molecule has 0 saturated carbocycles. The first-order valence-corrected chi connectivity index (χ1v) is 9.63. The Morgan fingerprint density at radius 3 is 2.61 bits per heavy atom. The number of hydrogen-bond acceptors (Lipinski definition) is 3. The summed E-state index contributed by atoms with van der Waals surface area (Å²) in [5.74, 6) is 1.90. The zero-order chi connectivity index (χ0) is 16.8. The first-order chi connectivity index (χ1) is 11.0. The van der Waals surface area contributed by atoms with E-state index >= 15 is 0 Å². The van der Waals surface area contributed by atoms with Gasteiger partial charge in [-0.05, 0) is 68.9 Å². The first kappa shape index (κ1) is 18.5. The maximum atomic E-state index is 6.50. The first-order valence-electron chi connectivity index (χ1n) is 9.63. The summed E-state index contributed by atoms with van der Waals surface area (Å²) >= 11 is 0. The van der Waals surface area contributed by atoms with Gasteiger partial charge >= 0.3 is 0 Å². The molecule has 2 bridgehead atoms. The number of hydrogen-bond donors (Lipinski definition) is 3. The Kier molecular flexibility index (Phi) is 7.16. The van der Waals surface area contributed by atoms with Gasteiger partial charge in [-0.2, -0.15) is 0 Å². The monoisotopic (exact) mass is 319 g/mol. The maximum absolute atomic E-state index is 6.50. The highest BCUT2D eigenvalue weighted by Gasteiger charge is 2.31. The highest BCUT2D eigenvalue weighted by atomic mass is 14.9. The van der Waals surface area contributed by atoms with Crippen molar-refractivity contribution in [2.75, 3.05) is 6.54 Å². The molecule has 0 aromatic heterocycles. The van der Waals surface area contributed by atoms with Gasteiger partial charge in [-0.3, -0.25) is 0 Å². The van der Waals surface area contributed by atoms with Crippen molar-refractivity contribution in [2.45, 2.75) is 77.8 Å². The maximum Gasteiger partial charge on any atom is 0.0116 e. The molecule has 0 amide bonds. The molecule has 1 heterocycles. The van der Waals surface area contributed by atoms with E-state index < -0.39 is 0 Å². The number of fused-ring (bicyclic) bond motifs is 2. The Labute approximate surface area is 143 Å². The third-order valence-corrected chi connectivity index (χ3v) is 5.92. The minimum absolute atomic E-state index is 0.248. The number of rotatable bonds is 1. The second kappa shape index (κ2) is 8.89. The van der Waals surface area contributed by atoms with Gasteiger partial charge in [0.2, 0.25) is 0 Å². The fourth-order valence-corrected chi connectivity index (χ4v) is 4.36. The molecule has 2 rings (SSSR count). The lowest BCUT2D eigenvalue weighted by Gasteiger charge is -2.35. The van der Waals surface area contributed by atoms with Crippen LogP contribution in [0.5, 0.6) is 0 Å². The molecule has 0 spiro atoms. The third kappa shape index (κ3) is 5.09. The van der Waals surface area contributed by atoms with Crippen LogP contribution in [0.25, 0.3) is 0 Å². The lowest BCUT2D eigenvalue weighted by Crippen LogP contribution is -2.44. The fraction of sp³-hybridized carbons (Fsp3) is 0.800. The van der Waals surface area contributed by atoms with Crippen molar-refractivity contribution >= 4 is 0 Å². The van der Waals surface area contributed by atoms with E-state index in [4.69, 9.17) is 11.5 Å². The lowest BCUT2D eigenvalue weighted by atomic mass is 9.76. The average Bonchev–Trinajstić information content (AvgIpc) is 2.56. The summed E-state index contributed by atoms with van der Waals surface area (Å²) < 4.78 is 0. The van der Waals surface area contributed by atoms with Crippen LogP contribution in [0.4, 0.5) is 0 Å². The molecule has 2 aliphatic rings. The van der Waals surface area contributed by atoms with Gasteiger partial charge in [0.05, 0.1) is 0 Å². The Bertz CT molecular complexity index is 427. The molecule has 1 aliphatic heterocycles. The van der Waals surface area contributed by atoms with E-state index in [0.29, 0.717) is 17.9 Å². The average molecular weight is 320 g/mol. The minimum Gasteiger partial charge on any atom is -0.402 e. The van der Waals surface area contributed by atoms with E-state index in [1.165, 1.54) is 31.3 Å². The largest absolute Gasteiger partial charge is 0.402 e. The number of nitrogens with two attached hydrogens (primary N) is 2. The van der Waals surface area contributed by atoms with Crippen molar-refractivity contribution in [1.82, 2.24) is 5.32 Å². The Hall–Kier alpha value is -0.800. The Balaban J connectivity index is 2.34. The summed E-state index contributed by atoms with van der Waals surface area (Å²) in [5, 5.41) is 3.86. The zero-order valence-electron chi connectivity index (χ0n) is 15.4. The van der Waals surface area contributed by atoms with Crippen LogP contribution >= 0.6 is 0 Å². The lowest BCUT2D eigenvalue weighted by molar-refractivity contribution is 0.239. The number of nitrogens with one attached hydrogen (secondary N) is 1. The molecule has 5 atom stereocenters. The Morgan fingerprint density at radius 2 is 1.87 bits per heavy atom. The predicted octanol–water partition coefficient (Wildman–Crippen LogP) is 3.71. The third-order valence-electron chi connectivity index (χ3n) is 5.92. The molecule has 5 N–H and O–H groups in total. The van der Waals surface area contributed by atoms with Gasteiger partial charge in [-0.25, -0.2) is 0 Å². The van der Waals surface area contributed by atoms with Gasteiger partial charge in [0.15, 0.2) is 0 Å². The molecule has 0 radical (unpaired) electrons. The van der Waals surface area contributed by atoms with Crippen LogP contribution in [-0.4, -0.2) is 18.6 Å². The van der Waals surface area contributed by atoms with Crippen molar-refractivity contribution in [3.63, 3.8) is 0 Å². The summed E-state index contributed by atoms with van der Waals surface area (Å²) in [6, 6.07) is 0.749. The highest BCUT2D eigenvalue weighted by Crippen LogP contribution is 2.35. The van der Waals surface area contributed by atoms with E-state index in [1.807, 2.05) is 0 Å². The molecule has 5 unspecified atom stereocenters. The van der Waals surface area contributed by atoms with Crippen molar-refractivity contribution < 1.29 is 0 Å². The molecule has 1 fully saturated rings. The molecule has 132 valence electrons. The summed E-state index contributed by atoms with van der Waals surface area (Å²) in [6.07, 6.45) is 12.6. The molecule has 0 aromatic rings. The zero-order valence-corrected chi connectivity index (χ0v) is 15.4. The van der Waals surface area contributed by atoms with Crippen molar-refractivity contribution in [3.8, 4) is 0 Å². The Morgan fingerprint density at radius 1 is 1.13 bits per heavy atom. The SMILES string of the molecule is C/C=C\C1=C(/N)CCC(N)CC2NCC(C)CCCCC1C2C. The highest BCUT2D eigenvalue weighted by molar-refractivity contribution is 5.28. The van der Waals surface area contributed by atoms with Crippen molar-refractivity contribution in [1.29, 1.82) is 0 Å². The van der Waals surface area contributed by atoms with E-state index in [9.17, 15) is 0 Å². The molecule has 3 nitrogen and oxygen atoms in total. The molecular formula is C20H37N3. The van der Waals surface area contributed by atoms with E-state index in [-0.39, 0.29) is 6.04 Å². The van der Waals surface area contributed by atoms with Crippen LogP contribution in [-0.2, 0) is 0 Å². The fourth-order valence-electron chi connectivity index (χ4n) is 4.36. The number of allylic oxidation sites excluding steroid dienone is 4. The van der Waals surface area contributed by atoms with E-state index in [2.05, 4.69) is 38.2 Å². The van der Waals surface area contributed by atoms with E-state index in [0.717, 1.165) is 37.4 Å². The molecule has 0 aromatic carbocycles. The second-order valence-corrected chi connectivity index (χ2v) is 7.89. The summed E-state index contributed by atoms with van der Waals surface area (Å²) in [5.41, 5.74) is 15.4. The van der Waals surface area contributed by atoms with Crippen LogP contribution in [0.2, 0.25) is 0 Å². The molecule has 23 heavy (non-hydrogen) atoms. The predicted molar refractivity (Wildman–Crippen MR) is 99.9 cm³/mol.